The molecule has 4 nitrogen and oxygen atoms in total. The molecule has 0 amide bonds. The molecule has 1 saturated carbocycles. The van der Waals surface area contributed by atoms with Crippen molar-refractivity contribution in [3.8, 4) is 0 Å². The van der Waals surface area contributed by atoms with Crippen LogP contribution in [0.3, 0.4) is 0 Å². The Hall–Kier alpha value is -1.28. The Bertz CT molecular complexity index is 756. The minimum Gasteiger partial charge on any atom is -0.351 e. The first kappa shape index (κ1) is 17.5. The van der Waals surface area contributed by atoms with E-state index in [1.807, 2.05) is 0 Å². The van der Waals surface area contributed by atoms with Crippen molar-refractivity contribution in [2.45, 2.75) is 49.6 Å². The number of aromatic nitrogens is 3. The topological polar surface area (TPSA) is 50.7 Å². The first-order valence-electron chi connectivity index (χ1n) is 7.53. The second kappa shape index (κ2) is 6.22. The standard InChI is InChI=1S/C15H16ClF3N4S/c1-14(24)4-2-8(3-5-14)22-13-21-6-9-11(23-13)10(15(17,18)19)7-20-12(9)16/h6-8,24H,2-5H2,1H3,(H,21,22,23). The van der Waals surface area contributed by atoms with Crippen LogP contribution >= 0.6 is 24.2 Å². The maximum absolute atomic E-state index is 13.2. The lowest BCUT2D eigenvalue weighted by molar-refractivity contribution is -0.136. The van der Waals surface area contributed by atoms with Crippen LogP contribution in [-0.2, 0) is 6.18 Å². The van der Waals surface area contributed by atoms with E-state index < -0.39 is 11.7 Å². The number of thiol groups is 1. The number of nitrogens with zero attached hydrogens (tertiary/aromatic N) is 3. The van der Waals surface area contributed by atoms with Gasteiger partial charge < -0.3 is 5.32 Å². The fourth-order valence-electron chi connectivity index (χ4n) is 2.83. The van der Waals surface area contributed by atoms with Crippen LogP contribution in [0.4, 0.5) is 19.1 Å². The Morgan fingerprint density at radius 1 is 1.25 bits per heavy atom. The lowest BCUT2D eigenvalue weighted by Crippen LogP contribution is -2.32. The Balaban J connectivity index is 1.91. The summed E-state index contributed by atoms with van der Waals surface area (Å²) in [4.78, 5) is 11.7. The molecule has 0 aliphatic heterocycles. The van der Waals surface area contributed by atoms with Crippen LogP contribution in [0.15, 0.2) is 12.4 Å². The van der Waals surface area contributed by atoms with Crippen LogP contribution in [0.1, 0.15) is 38.2 Å². The molecular weight excluding hydrogens is 361 g/mol. The van der Waals surface area contributed by atoms with Crippen molar-refractivity contribution >= 4 is 41.1 Å². The molecule has 0 atom stereocenters. The zero-order valence-electron chi connectivity index (χ0n) is 12.9. The predicted molar refractivity (Wildman–Crippen MR) is 90.6 cm³/mol. The number of hydrogen-bond donors (Lipinski definition) is 2. The quantitative estimate of drug-likeness (QED) is 0.587. The molecule has 0 bridgehead atoms. The van der Waals surface area contributed by atoms with Crippen molar-refractivity contribution in [3.05, 3.63) is 23.1 Å². The maximum atomic E-state index is 13.2. The molecule has 0 spiro atoms. The van der Waals surface area contributed by atoms with Crippen LogP contribution in [0.5, 0.6) is 0 Å². The number of hydrogen-bond acceptors (Lipinski definition) is 5. The SMILES string of the molecule is CC1(S)CCC(Nc2ncc3c(Cl)ncc(C(F)(F)F)c3n2)CC1. The van der Waals surface area contributed by atoms with Gasteiger partial charge in [-0.3, -0.25) is 0 Å². The first-order chi connectivity index (χ1) is 11.2. The number of nitrogens with one attached hydrogen (secondary N) is 1. The zero-order valence-corrected chi connectivity index (χ0v) is 14.5. The van der Waals surface area contributed by atoms with Gasteiger partial charge in [0.2, 0.25) is 5.95 Å². The lowest BCUT2D eigenvalue weighted by atomic mass is 9.86. The lowest BCUT2D eigenvalue weighted by Gasteiger charge is -2.33. The molecule has 1 N–H and O–H groups in total. The Kier molecular flexibility index (Phi) is 4.55. The van der Waals surface area contributed by atoms with Crippen molar-refractivity contribution in [2.24, 2.45) is 0 Å². The highest BCUT2D eigenvalue weighted by molar-refractivity contribution is 7.81. The Morgan fingerprint density at radius 3 is 2.54 bits per heavy atom. The number of pyridine rings is 1. The van der Waals surface area contributed by atoms with Gasteiger partial charge in [-0.05, 0) is 25.7 Å². The third kappa shape index (κ3) is 3.69. The molecule has 3 rings (SSSR count). The second-order valence-electron chi connectivity index (χ2n) is 6.33. The summed E-state index contributed by atoms with van der Waals surface area (Å²) in [7, 11) is 0. The molecule has 0 unspecified atom stereocenters. The van der Waals surface area contributed by atoms with Gasteiger partial charge in [-0.15, -0.1) is 0 Å². The summed E-state index contributed by atoms with van der Waals surface area (Å²) in [5.74, 6) is 0.169. The van der Waals surface area contributed by atoms with E-state index in [9.17, 15) is 13.2 Å². The minimum atomic E-state index is -4.56. The molecule has 2 aromatic rings. The molecule has 9 heteroatoms. The van der Waals surface area contributed by atoms with E-state index in [1.165, 1.54) is 6.20 Å². The van der Waals surface area contributed by atoms with Crippen molar-refractivity contribution in [2.75, 3.05) is 5.32 Å². The van der Waals surface area contributed by atoms with Gasteiger partial charge in [-0.2, -0.15) is 25.8 Å². The largest absolute Gasteiger partial charge is 0.419 e. The van der Waals surface area contributed by atoms with Crippen LogP contribution in [0, 0.1) is 0 Å². The van der Waals surface area contributed by atoms with Crippen LogP contribution in [0.2, 0.25) is 5.15 Å². The van der Waals surface area contributed by atoms with Gasteiger partial charge in [0.1, 0.15) is 10.7 Å². The summed E-state index contributed by atoms with van der Waals surface area (Å²) >= 11 is 10.5. The summed E-state index contributed by atoms with van der Waals surface area (Å²) in [5, 5.41) is 3.16. The molecular formula is C15H16ClF3N4S. The van der Waals surface area contributed by atoms with Crippen LogP contribution < -0.4 is 5.32 Å². The number of alkyl halides is 3. The fraction of sp³-hybridized carbons (Fsp3) is 0.533. The van der Waals surface area contributed by atoms with Gasteiger partial charge in [0.05, 0.1) is 10.9 Å². The van der Waals surface area contributed by atoms with E-state index in [0.717, 1.165) is 25.7 Å². The first-order valence-corrected chi connectivity index (χ1v) is 8.36. The number of rotatable bonds is 2. The fourth-order valence-corrected chi connectivity index (χ4v) is 3.28. The van der Waals surface area contributed by atoms with Crippen molar-refractivity contribution in [1.29, 1.82) is 0 Å². The number of fused-ring (bicyclic) bond motifs is 1. The zero-order chi connectivity index (χ0) is 17.5. The van der Waals surface area contributed by atoms with Crippen molar-refractivity contribution < 1.29 is 13.2 Å². The summed E-state index contributed by atoms with van der Waals surface area (Å²) in [6, 6.07) is 0.120. The Morgan fingerprint density at radius 2 is 1.92 bits per heavy atom. The highest BCUT2D eigenvalue weighted by Crippen LogP contribution is 2.36. The van der Waals surface area contributed by atoms with Gasteiger partial charge in [0.15, 0.2) is 0 Å². The van der Waals surface area contributed by atoms with Gasteiger partial charge in [0, 0.05) is 23.2 Å². The van der Waals surface area contributed by atoms with E-state index in [0.29, 0.717) is 6.20 Å². The maximum Gasteiger partial charge on any atom is 0.419 e. The molecule has 130 valence electrons. The molecule has 1 aliphatic carbocycles. The Labute approximate surface area is 147 Å². The summed E-state index contributed by atoms with van der Waals surface area (Å²) in [6.45, 7) is 2.09. The van der Waals surface area contributed by atoms with E-state index >= 15 is 0 Å². The third-order valence-corrected chi connectivity index (χ3v) is 5.02. The molecule has 1 fully saturated rings. The molecule has 1 aliphatic rings. The molecule has 0 saturated heterocycles. The second-order valence-corrected chi connectivity index (χ2v) is 7.77. The smallest absolute Gasteiger partial charge is 0.351 e. The normalized spacial score (nSPS) is 25.0. The summed E-state index contributed by atoms with van der Waals surface area (Å²) < 4.78 is 39.5. The molecule has 2 heterocycles. The summed E-state index contributed by atoms with van der Waals surface area (Å²) in [5.41, 5.74) is -1.16. The van der Waals surface area contributed by atoms with Crippen LogP contribution in [-0.4, -0.2) is 25.7 Å². The van der Waals surface area contributed by atoms with Crippen molar-refractivity contribution in [1.82, 2.24) is 15.0 Å². The van der Waals surface area contributed by atoms with Gasteiger partial charge >= 0.3 is 6.18 Å². The average Bonchev–Trinajstić information content (AvgIpc) is 2.48. The van der Waals surface area contributed by atoms with Gasteiger partial charge in [0.25, 0.3) is 0 Å². The molecule has 0 radical (unpaired) electrons. The number of anilines is 1. The molecule has 2 aromatic heterocycles. The van der Waals surface area contributed by atoms with E-state index in [1.54, 1.807) is 0 Å². The van der Waals surface area contributed by atoms with E-state index in [2.05, 4.69) is 39.8 Å². The highest BCUT2D eigenvalue weighted by Gasteiger charge is 2.35. The van der Waals surface area contributed by atoms with Gasteiger partial charge in [-0.1, -0.05) is 18.5 Å². The molecule has 0 aromatic carbocycles. The van der Waals surface area contributed by atoms with E-state index in [4.69, 9.17) is 11.6 Å². The minimum absolute atomic E-state index is 0.00503. The van der Waals surface area contributed by atoms with Crippen LogP contribution in [0.25, 0.3) is 10.9 Å². The van der Waals surface area contributed by atoms with Crippen molar-refractivity contribution in [3.63, 3.8) is 0 Å². The molecule has 24 heavy (non-hydrogen) atoms. The highest BCUT2D eigenvalue weighted by atomic mass is 35.5. The monoisotopic (exact) mass is 376 g/mol. The third-order valence-electron chi connectivity index (χ3n) is 4.27. The predicted octanol–water partition coefficient (Wildman–Crippen LogP) is 4.74. The summed E-state index contributed by atoms with van der Waals surface area (Å²) in [6.07, 6.45) is 1.00. The van der Waals surface area contributed by atoms with E-state index in [-0.39, 0.29) is 32.8 Å². The number of halogens is 4. The average molecular weight is 377 g/mol. The van der Waals surface area contributed by atoms with Gasteiger partial charge in [-0.25, -0.2) is 15.0 Å².